The largest absolute Gasteiger partial charge is 0.353 e. The Kier molecular flexibility index (Phi) is 3.43. The van der Waals surface area contributed by atoms with Crippen LogP contribution in [-0.4, -0.2) is 18.7 Å². The van der Waals surface area contributed by atoms with Crippen molar-refractivity contribution in [3.05, 3.63) is 34.9 Å². The minimum atomic E-state index is -0.0669. The van der Waals surface area contributed by atoms with E-state index in [0.717, 1.165) is 37.0 Å². The summed E-state index contributed by atoms with van der Waals surface area (Å²) >= 11 is 0. The van der Waals surface area contributed by atoms with Crippen molar-refractivity contribution in [2.75, 3.05) is 6.61 Å². The SMILES string of the molecule is O=C1CCc2ccc(COC3CCCCO3)cc21. The molecule has 0 radical (unpaired) electrons. The number of fused-ring (bicyclic) bond motifs is 1. The third-order valence-corrected chi connectivity index (χ3v) is 3.67. The summed E-state index contributed by atoms with van der Waals surface area (Å²) < 4.78 is 11.3. The van der Waals surface area contributed by atoms with Gasteiger partial charge in [0.15, 0.2) is 12.1 Å². The number of aryl methyl sites for hydroxylation is 1. The number of ketones is 1. The minimum absolute atomic E-state index is 0.0669. The highest BCUT2D eigenvalue weighted by Crippen LogP contribution is 2.24. The number of hydrogen-bond acceptors (Lipinski definition) is 3. The molecule has 0 bridgehead atoms. The Morgan fingerprint density at radius 2 is 2.22 bits per heavy atom. The van der Waals surface area contributed by atoms with Crippen molar-refractivity contribution in [2.45, 2.75) is 45.0 Å². The first kappa shape index (κ1) is 11.9. The molecular weight excluding hydrogens is 228 g/mol. The molecule has 0 N–H and O–H groups in total. The zero-order valence-corrected chi connectivity index (χ0v) is 10.5. The molecule has 1 aliphatic heterocycles. The average Bonchev–Trinajstić information content (AvgIpc) is 2.79. The Bertz CT molecular complexity index is 447. The fourth-order valence-electron chi connectivity index (χ4n) is 2.61. The first-order valence-corrected chi connectivity index (χ1v) is 6.71. The van der Waals surface area contributed by atoms with Crippen LogP contribution in [0.2, 0.25) is 0 Å². The third kappa shape index (κ3) is 2.47. The number of benzene rings is 1. The summed E-state index contributed by atoms with van der Waals surface area (Å²) in [6, 6.07) is 6.09. The number of carbonyl (C=O) groups excluding carboxylic acids is 1. The lowest BCUT2D eigenvalue weighted by molar-refractivity contribution is -0.168. The fourth-order valence-corrected chi connectivity index (χ4v) is 2.61. The van der Waals surface area contributed by atoms with Gasteiger partial charge in [0.25, 0.3) is 0 Å². The Balaban J connectivity index is 1.63. The lowest BCUT2D eigenvalue weighted by atomic mass is 10.1. The van der Waals surface area contributed by atoms with Gasteiger partial charge in [0, 0.05) is 18.6 Å². The summed E-state index contributed by atoms with van der Waals surface area (Å²) in [5.41, 5.74) is 3.14. The maximum Gasteiger partial charge on any atom is 0.163 e. The van der Waals surface area contributed by atoms with E-state index >= 15 is 0 Å². The van der Waals surface area contributed by atoms with Crippen LogP contribution in [0, 0.1) is 0 Å². The van der Waals surface area contributed by atoms with Crippen LogP contribution in [0.3, 0.4) is 0 Å². The molecule has 1 aromatic carbocycles. The molecular formula is C15H18O3. The van der Waals surface area contributed by atoms with Gasteiger partial charge in [0.2, 0.25) is 0 Å². The topological polar surface area (TPSA) is 35.5 Å². The van der Waals surface area contributed by atoms with E-state index in [2.05, 4.69) is 12.1 Å². The molecule has 18 heavy (non-hydrogen) atoms. The molecule has 0 amide bonds. The van der Waals surface area contributed by atoms with Crippen molar-refractivity contribution < 1.29 is 14.3 Å². The van der Waals surface area contributed by atoms with Crippen LogP contribution >= 0.6 is 0 Å². The van der Waals surface area contributed by atoms with E-state index < -0.39 is 0 Å². The summed E-state index contributed by atoms with van der Waals surface area (Å²) in [6.45, 7) is 1.33. The van der Waals surface area contributed by atoms with Gasteiger partial charge in [-0.2, -0.15) is 0 Å². The van der Waals surface area contributed by atoms with Gasteiger partial charge in [-0.1, -0.05) is 12.1 Å². The summed E-state index contributed by atoms with van der Waals surface area (Å²) in [4.78, 5) is 11.7. The van der Waals surface area contributed by atoms with Gasteiger partial charge in [-0.3, -0.25) is 4.79 Å². The summed E-state index contributed by atoms with van der Waals surface area (Å²) in [5.74, 6) is 0.265. The molecule has 1 unspecified atom stereocenters. The molecule has 2 aliphatic rings. The number of Topliss-reactive ketones (excluding diaryl/α,β-unsaturated/α-hetero) is 1. The standard InChI is InChI=1S/C15H18O3/c16-14-7-6-12-5-4-11(9-13(12)14)10-18-15-3-1-2-8-17-15/h4-5,9,15H,1-3,6-8,10H2. The van der Waals surface area contributed by atoms with Crippen LogP contribution in [0.4, 0.5) is 0 Å². The highest BCUT2D eigenvalue weighted by Gasteiger charge is 2.20. The van der Waals surface area contributed by atoms with Gasteiger partial charge >= 0.3 is 0 Å². The maximum absolute atomic E-state index is 11.7. The van der Waals surface area contributed by atoms with E-state index in [-0.39, 0.29) is 12.1 Å². The van der Waals surface area contributed by atoms with E-state index in [9.17, 15) is 4.79 Å². The third-order valence-electron chi connectivity index (χ3n) is 3.67. The maximum atomic E-state index is 11.7. The molecule has 96 valence electrons. The quantitative estimate of drug-likeness (QED) is 0.822. The van der Waals surface area contributed by atoms with Crippen molar-refractivity contribution in [1.29, 1.82) is 0 Å². The number of hydrogen-bond donors (Lipinski definition) is 0. The molecule has 1 aromatic rings. The van der Waals surface area contributed by atoms with Crippen molar-refractivity contribution >= 4 is 5.78 Å². The predicted octanol–water partition coefficient (Wildman–Crippen LogP) is 2.86. The molecule has 1 atom stereocenters. The average molecular weight is 246 g/mol. The van der Waals surface area contributed by atoms with E-state index in [1.807, 2.05) is 6.07 Å². The molecule has 3 heteroatoms. The zero-order valence-electron chi connectivity index (χ0n) is 10.5. The van der Waals surface area contributed by atoms with Crippen LogP contribution in [0.1, 0.15) is 47.2 Å². The highest BCUT2D eigenvalue weighted by molar-refractivity contribution is 6.00. The van der Waals surface area contributed by atoms with Crippen LogP contribution in [0.15, 0.2) is 18.2 Å². The summed E-state index contributed by atoms with van der Waals surface area (Å²) in [6.07, 6.45) is 4.76. The van der Waals surface area contributed by atoms with Crippen molar-refractivity contribution in [3.8, 4) is 0 Å². The first-order chi connectivity index (χ1) is 8.83. The van der Waals surface area contributed by atoms with Crippen molar-refractivity contribution in [1.82, 2.24) is 0 Å². The van der Waals surface area contributed by atoms with Gasteiger partial charge in [0.05, 0.1) is 6.61 Å². The van der Waals surface area contributed by atoms with E-state index in [0.29, 0.717) is 13.0 Å². The molecule has 1 saturated heterocycles. The van der Waals surface area contributed by atoms with E-state index in [1.54, 1.807) is 0 Å². The second-order valence-corrected chi connectivity index (χ2v) is 5.02. The normalized spacial score (nSPS) is 23.1. The molecule has 1 heterocycles. The molecule has 0 aromatic heterocycles. The first-order valence-electron chi connectivity index (χ1n) is 6.71. The zero-order chi connectivity index (χ0) is 12.4. The van der Waals surface area contributed by atoms with Gasteiger partial charge in [-0.05, 0) is 42.9 Å². The van der Waals surface area contributed by atoms with E-state index in [4.69, 9.17) is 9.47 Å². The monoisotopic (exact) mass is 246 g/mol. The number of rotatable bonds is 3. The van der Waals surface area contributed by atoms with Crippen LogP contribution in [-0.2, 0) is 22.5 Å². The Morgan fingerprint density at radius 1 is 1.28 bits per heavy atom. The van der Waals surface area contributed by atoms with Crippen LogP contribution in [0.5, 0.6) is 0 Å². The Morgan fingerprint density at radius 3 is 3.06 bits per heavy atom. The van der Waals surface area contributed by atoms with Crippen LogP contribution < -0.4 is 0 Å². The summed E-state index contributed by atoms with van der Waals surface area (Å²) in [5, 5.41) is 0. The fraction of sp³-hybridized carbons (Fsp3) is 0.533. The van der Waals surface area contributed by atoms with E-state index in [1.165, 1.54) is 12.0 Å². The van der Waals surface area contributed by atoms with Gasteiger partial charge in [-0.25, -0.2) is 0 Å². The molecule has 0 saturated carbocycles. The van der Waals surface area contributed by atoms with Crippen LogP contribution in [0.25, 0.3) is 0 Å². The van der Waals surface area contributed by atoms with Crippen molar-refractivity contribution in [2.24, 2.45) is 0 Å². The van der Waals surface area contributed by atoms with Gasteiger partial charge in [0.1, 0.15) is 0 Å². The predicted molar refractivity (Wildman–Crippen MR) is 67.5 cm³/mol. The molecule has 0 spiro atoms. The molecule has 1 fully saturated rings. The minimum Gasteiger partial charge on any atom is -0.353 e. The second kappa shape index (κ2) is 5.21. The smallest absolute Gasteiger partial charge is 0.163 e. The summed E-state index contributed by atoms with van der Waals surface area (Å²) in [7, 11) is 0. The number of ether oxygens (including phenoxy) is 2. The Hall–Kier alpha value is -1.19. The Labute approximate surface area is 107 Å². The van der Waals surface area contributed by atoms with Crippen molar-refractivity contribution in [3.63, 3.8) is 0 Å². The number of carbonyl (C=O) groups is 1. The molecule has 1 aliphatic carbocycles. The second-order valence-electron chi connectivity index (χ2n) is 5.02. The van der Waals surface area contributed by atoms with Gasteiger partial charge < -0.3 is 9.47 Å². The lowest BCUT2D eigenvalue weighted by Crippen LogP contribution is -2.22. The molecule has 3 rings (SSSR count). The molecule has 3 nitrogen and oxygen atoms in total. The van der Waals surface area contributed by atoms with Gasteiger partial charge in [-0.15, -0.1) is 0 Å². The lowest BCUT2D eigenvalue weighted by Gasteiger charge is -2.22. The highest BCUT2D eigenvalue weighted by atomic mass is 16.7.